The number of halogens is 2. The summed E-state index contributed by atoms with van der Waals surface area (Å²) in [5.41, 5.74) is 6.17. The lowest BCUT2D eigenvalue weighted by Crippen LogP contribution is -2.15. The summed E-state index contributed by atoms with van der Waals surface area (Å²) in [5.74, 6) is 0.156. The van der Waals surface area contributed by atoms with Gasteiger partial charge in [0.05, 0.1) is 12.8 Å². The summed E-state index contributed by atoms with van der Waals surface area (Å²) in [6.07, 6.45) is 1.46. The number of rotatable bonds is 4. The Morgan fingerprint density at radius 3 is 2.76 bits per heavy atom. The molecular weight excluding hydrogens is 382 g/mol. The van der Waals surface area contributed by atoms with Crippen molar-refractivity contribution in [3.63, 3.8) is 0 Å². The first-order chi connectivity index (χ1) is 9.85. The maximum Gasteiger partial charge on any atom is 0.265 e. The predicted octanol–water partition coefficient (Wildman–Crippen LogP) is 2.89. The summed E-state index contributed by atoms with van der Waals surface area (Å²) < 4.78 is 32.9. The van der Waals surface area contributed by atoms with Gasteiger partial charge in [-0.25, -0.2) is 13.4 Å². The monoisotopic (exact) mass is 391 g/mol. The zero-order valence-corrected chi connectivity index (χ0v) is 14.0. The summed E-state index contributed by atoms with van der Waals surface area (Å²) in [6.45, 7) is 0. The lowest BCUT2D eigenvalue weighted by Gasteiger charge is -2.13. The van der Waals surface area contributed by atoms with E-state index in [1.165, 1.54) is 31.5 Å². The van der Waals surface area contributed by atoms with E-state index in [2.05, 4.69) is 25.6 Å². The molecule has 2 rings (SSSR count). The van der Waals surface area contributed by atoms with Crippen molar-refractivity contribution in [3.05, 3.63) is 40.1 Å². The molecule has 0 amide bonds. The number of hydrogen-bond acceptors (Lipinski definition) is 5. The molecule has 1 aromatic carbocycles. The van der Waals surface area contributed by atoms with Crippen molar-refractivity contribution in [3.8, 4) is 5.75 Å². The van der Waals surface area contributed by atoms with E-state index in [0.717, 1.165) is 0 Å². The number of nitrogens with one attached hydrogen (secondary N) is 1. The first kappa shape index (κ1) is 15.9. The summed E-state index contributed by atoms with van der Waals surface area (Å²) >= 11 is 9.06. The second kappa shape index (κ2) is 6.08. The second-order valence-electron chi connectivity index (χ2n) is 3.97. The van der Waals surface area contributed by atoms with Crippen molar-refractivity contribution < 1.29 is 13.2 Å². The maximum atomic E-state index is 12.4. The van der Waals surface area contributed by atoms with E-state index in [0.29, 0.717) is 4.47 Å². The lowest BCUT2D eigenvalue weighted by molar-refractivity contribution is 0.402. The fraction of sp³-hybridized carbons (Fsp3) is 0.0833. The van der Waals surface area contributed by atoms with Gasteiger partial charge in [-0.1, -0.05) is 11.6 Å². The third kappa shape index (κ3) is 3.39. The van der Waals surface area contributed by atoms with E-state index < -0.39 is 10.0 Å². The summed E-state index contributed by atoms with van der Waals surface area (Å²) in [6, 6.07) is 5.85. The van der Waals surface area contributed by atoms with Crippen molar-refractivity contribution in [1.29, 1.82) is 0 Å². The molecule has 1 aromatic heterocycles. The number of nitrogen functional groups attached to an aromatic ring is 1. The number of methoxy groups -OCH3 is 1. The first-order valence-electron chi connectivity index (χ1n) is 5.61. The zero-order chi connectivity index (χ0) is 15.6. The van der Waals surface area contributed by atoms with E-state index in [-0.39, 0.29) is 27.2 Å². The third-order valence-electron chi connectivity index (χ3n) is 2.58. The maximum absolute atomic E-state index is 12.4. The van der Waals surface area contributed by atoms with E-state index in [9.17, 15) is 8.42 Å². The average molecular weight is 393 g/mol. The molecule has 0 aliphatic rings. The van der Waals surface area contributed by atoms with Gasteiger partial charge >= 0.3 is 0 Å². The molecule has 0 aliphatic carbocycles. The molecule has 0 unspecified atom stereocenters. The third-order valence-corrected chi connectivity index (χ3v) is 4.95. The van der Waals surface area contributed by atoms with Crippen LogP contribution < -0.4 is 15.2 Å². The van der Waals surface area contributed by atoms with Crippen LogP contribution in [0.4, 0.5) is 11.4 Å². The van der Waals surface area contributed by atoms with Gasteiger partial charge < -0.3 is 10.5 Å². The fourth-order valence-corrected chi connectivity index (χ4v) is 3.38. The molecule has 6 nitrogen and oxygen atoms in total. The molecule has 9 heteroatoms. The molecule has 0 aliphatic heterocycles. The Hall–Kier alpha value is -1.51. The van der Waals surface area contributed by atoms with Crippen LogP contribution in [-0.4, -0.2) is 20.5 Å². The average Bonchev–Trinajstić information content (AvgIpc) is 2.43. The Balaban J connectivity index is 2.50. The Kier molecular flexibility index (Phi) is 4.60. The van der Waals surface area contributed by atoms with Crippen LogP contribution in [-0.2, 0) is 10.0 Å². The van der Waals surface area contributed by atoms with Gasteiger partial charge in [0.15, 0.2) is 5.15 Å². The smallest absolute Gasteiger partial charge is 0.265 e. The van der Waals surface area contributed by atoms with Crippen LogP contribution in [0.5, 0.6) is 5.75 Å². The highest BCUT2D eigenvalue weighted by Crippen LogP contribution is 2.33. The standard InChI is InChI=1S/C12H11BrClN3O3S/c1-20-10-5-7(13)8(15)6-11(10)21(18,19)17-9-3-2-4-16-12(9)14/h2-6,17H,15H2,1H3. The minimum Gasteiger partial charge on any atom is -0.495 e. The SMILES string of the molecule is COc1cc(Br)c(N)cc1S(=O)(=O)Nc1cccnc1Cl. The summed E-state index contributed by atoms with van der Waals surface area (Å²) in [4.78, 5) is 3.71. The number of nitrogens with two attached hydrogens (primary N) is 1. The zero-order valence-electron chi connectivity index (χ0n) is 10.8. The molecule has 3 N–H and O–H groups in total. The van der Waals surface area contributed by atoms with Gasteiger partial charge in [-0.2, -0.15) is 0 Å². The van der Waals surface area contributed by atoms with Crippen molar-refractivity contribution in [2.24, 2.45) is 0 Å². The molecule has 0 saturated carbocycles. The van der Waals surface area contributed by atoms with Crippen LogP contribution in [0.15, 0.2) is 39.8 Å². The number of nitrogens with zero attached hydrogens (tertiary/aromatic N) is 1. The minimum absolute atomic E-state index is 0.0464. The van der Waals surface area contributed by atoms with Crippen LogP contribution in [0.1, 0.15) is 0 Å². The number of anilines is 2. The first-order valence-corrected chi connectivity index (χ1v) is 8.27. The molecule has 1 heterocycles. The van der Waals surface area contributed by atoms with Gasteiger partial charge in [-0.05, 0) is 40.2 Å². The van der Waals surface area contributed by atoms with Gasteiger partial charge in [0.2, 0.25) is 0 Å². The molecule has 0 spiro atoms. The Bertz CT molecular complexity index is 783. The van der Waals surface area contributed by atoms with Crippen molar-refractivity contribution in [2.45, 2.75) is 4.90 Å². The van der Waals surface area contributed by atoms with Crippen LogP contribution in [0.3, 0.4) is 0 Å². The molecule has 21 heavy (non-hydrogen) atoms. The molecule has 112 valence electrons. The molecule has 0 fully saturated rings. The van der Waals surface area contributed by atoms with Gasteiger partial charge in [0.1, 0.15) is 10.6 Å². The number of hydrogen-bond donors (Lipinski definition) is 2. The topological polar surface area (TPSA) is 94.3 Å². The Morgan fingerprint density at radius 2 is 2.14 bits per heavy atom. The summed E-state index contributed by atoms with van der Waals surface area (Å²) in [7, 11) is -2.55. The van der Waals surface area contributed by atoms with E-state index in [1.807, 2.05) is 0 Å². The highest BCUT2D eigenvalue weighted by Gasteiger charge is 2.22. The van der Waals surface area contributed by atoms with Gasteiger partial charge in [-0.3, -0.25) is 4.72 Å². The molecule has 0 radical (unpaired) electrons. The molecule has 0 atom stereocenters. The van der Waals surface area contributed by atoms with Crippen LogP contribution in [0.2, 0.25) is 5.15 Å². The van der Waals surface area contributed by atoms with E-state index >= 15 is 0 Å². The summed E-state index contributed by atoms with van der Waals surface area (Å²) in [5, 5.41) is 0.0464. The Labute approximate surface area is 135 Å². The molecule has 0 saturated heterocycles. The molecule has 2 aromatic rings. The number of pyridine rings is 1. The van der Waals surface area contributed by atoms with Crippen molar-refractivity contribution in [1.82, 2.24) is 4.98 Å². The number of benzene rings is 1. The van der Waals surface area contributed by atoms with Crippen LogP contribution in [0.25, 0.3) is 0 Å². The highest BCUT2D eigenvalue weighted by atomic mass is 79.9. The second-order valence-corrected chi connectivity index (χ2v) is 6.84. The number of aromatic nitrogens is 1. The van der Waals surface area contributed by atoms with E-state index in [4.69, 9.17) is 22.1 Å². The minimum atomic E-state index is -3.92. The van der Waals surface area contributed by atoms with Gasteiger partial charge in [-0.15, -0.1) is 0 Å². The van der Waals surface area contributed by atoms with Gasteiger partial charge in [0.25, 0.3) is 10.0 Å². The molecular formula is C12H11BrClN3O3S. The fourth-order valence-electron chi connectivity index (χ4n) is 1.58. The van der Waals surface area contributed by atoms with E-state index in [1.54, 1.807) is 6.07 Å². The lowest BCUT2D eigenvalue weighted by atomic mass is 10.3. The van der Waals surface area contributed by atoms with Crippen LogP contribution in [0, 0.1) is 0 Å². The van der Waals surface area contributed by atoms with Gasteiger partial charge in [0, 0.05) is 16.4 Å². The van der Waals surface area contributed by atoms with Crippen molar-refractivity contribution >= 4 is 48.9 Å². The molecule has 0 bridgehead atoms. The largest absolute Gasteiger partial charge is 0.495 e. The van der Waals surface area contributed by atoms with Crippen molar-refractivity contribution in [2.75, 3.05) is 17.6 Å². The quantitative estimate of drug-likeness (QED) is 0.616. The highest BCUT2D eigenvalue weighted by molar-refractivity contribution is 9.10. The number of ether oxygens (including phenoxy) is 1. The predicted molar refractivity (Wildman–Crippen MR) is 85.2 cm³/mol. The Morgan fingerprint density at radius 1 is 1.43 bits per heavy atom. The normalized spacial score (nSPS) is 11.2. The van der Waals surface area contributed by atoms with Crippen LogP contribution >= 0.6 is 27.5 Å². The number of sulfonamides is 1.